The topological polar surface area (TPSA) is 45.4 Å². The Morgan fingerprint density at radius 2 is 2.07 bits per heavy atom. The second-order valence-electron chi connectivity index (χ2n) is 3.03. The minimum Gasteiger partial charge on any atom is -0.399 e. The fourth-order valence-electron chi connectivity index (χ4n) is 1.26. The van der Waals surface area contributed by atoms with Gasteiger partial charge in [0, 0.05) is 0 Å². The molecule has 0 saturated carbocycles. The zero-order valence-corrected chi connectivity index (χ0v) is 8.57. The molecule has 0 saturated heterocycles. The van der Waals surface area contributed by atoms with Gasteiger partial charge in [0.2, 0.25) is 0 Å². The summed E-state index contributed by atoms with van der Waals surface area (Å²) in [7, 11) is 1.42. The molecular formula is C11H11FN2O. The predicted octanol–water partition coefficient (Wildman–Crippen LogP) is 2.46. The van der Waals surface area contributed by atoms with E-state index in [4.69, 9.17) is 5.26 Å². The van der Waals surface area contributed by atoms with Gasteiger partial charge in [0.25, 0.3) is 0 Å². The Morgan fingerprint density at radius 1 is 1.47 bits per heavy atom. The lowest BCUT2D eigenvalue weighted by molar-refractivity contribution is 0.212. The van der Waals surface area contributed by atoms with E-state index in [9.17, 15) is 4.39 Å². The Bertz CT molecular complexity index is 392. The highest BCUT2D eigenvalue weighted by Crippen LogP contribution is 2.17. The second kappa shape index (κ2) is 5.11. The monoisotopic (exact) mass is 206 g/mol. The van der Waals surface area contributed by atoms with Gasteiger partial charge in [-0.05, 0) is 24.6 Å². The van der Waals surface area contributed by atoms with Crippen molar-refractivity contribution in [3.05, 3.63) is 35.6 Å². The van der Waals surface area contributed by atoms with E-state index in [1.165, 1.54) is 19.2 Å². The maximum Gasteiger partial charge on any atom is 0.123 e. The van der Waals surface area contributed by atoms with E-state index in [2.05, 4.69) is 16.1 Å². The molecule has 78 valence electrons. The third-order valence-corrected chi connectivity index (χ3v) is 1.99. The van der Waals surface area contributed by atoms with Gasteiger partial charge in [-0.2, -0.15) is 5.26 Å². The smallest absolute Gasteiger partial charge is 0.123 e. The molecule has 0 amide bonds. The van der Waals surface area contributed by atoms with Crippen molar-refractivity contribution in [2.24, 2.45) is 5.16 Å². The first kappa shape index (κ1) is 11.2. The number of benzene rings is 1. The van der Waals surface area contributed by atoms with Crippen LogP contribution in [-0.4, -0.2) is 12.8 Å². The number of hydrogen-bond acceptors (Lipinski definition) is 3. The molecule has 1 aromatic rings. The third-order valence-electron chi connectivity index (χ3n) is 1.99. The molecule has 0 aromatic heterocycles. The zero-order chi connectivity index (χ0) is 11.3. The minimum atomic E-state index is -0.495. The molecule has 15 heavy (non-hydrogen) atoms. The Balaban J connectivity index is 2.99. The Labute approximate surface area is 87.8 Å². The van der Waals surface area contributed by atoms with Crippen LogP contribution in [0.15, 0.2) is 29.4 Å². The molecule has 0 N–H and O–H groups in total. The molecule has 3 nitrogen and oxygen atoms in total. The highest BCUT2D eigenvalue weighted by molar-refractivity contribution is 5.90. The predicted molar refractivity (Wildman–Crippen MR) is 54.9 cm³/mol. The van der Waals surface area contributed by atoms with Gasteiger partial charge in [-0.3, -0.25) is 0 Å². The molecule has 1 rings (SSSR count). The number of halogens is 1. The third kappa shape index (κ3) is 2.78. The molecule has 0 heterocycles. The molecule has 0 aliphatic carbocycles. The van der Waals surface area contributed by atoms with Crippen LogP contribution in [-0.2, 0) is 4.84 Å². The van der Waals surface area contributed by atoms with Crippen LogP contribution in [0, 0.1) is 17.1 Å². The van der Waals surface area contributed by atoms with Crippen molar-refractivity contribution in [3.63, 3.8) is 0 Å². The molecule has 0 aliphatic heterocycles. The summed E-state index contributed by atoms with van der Waals surface area (Å²) in [5, 5.41) is 12.7. The first-order valence-corrected chi connectivity index (χ1v) is 4.41. The molecule has 0 bridgehead atoms. The summed E-state index contributed by atoms with van der Waals surface area (Å²) in [5.41, 5.74) is 1.25. The first-order valence-electron chi connectivity index (χ1n) is 4.41. The number of nitrogens with zero attached hydrogens (tertiary/aromatic N) is 2. The highest BCUT2D eigenvalue weighted by Gasteiger charge is 2.14. The van der Waals surface area contributed by atoms with Crippen molar-refractivity contribution in [2.45, 2.75) is 12.8 Å². The lowest BCUT2D eigenvalue weighted by Crippen LogP contribution is -2.07. The van der Waals surface area contributed by atoms with Crippen LogP contribution in [0.1, 0.15) is 18.4 Å². The van der Waals surface area contributed by atoms with E-state index in [0.29, 0.717) is 11.3 Å². The molecule has 0 aliphatic rings. The van der Waals surface area contributed by atoms with Gasteiger partial charge < -0.3 is 4.84 Å². The van der Waals surface area contributed by atoms with E-state index in [1.807, 2.05) is 0 Å². The number of rotatable bonds is 3. The van der Waals surface area contributed by atoms with Crippen molar-refractivity contribution < 1.29 is 9.23 Å². The van der Waals surface area contributed by atoms with Crippen LogP contribution in [0.3, 0.4) is 0 Å². The molecule has 0 fully saturated rings. The van der Waals surface area contributed by atoms with E-state index >= 15 is 0 Å². The number of hydrogen-bond donors (Lipinski definition) is 0. The van der Waals surface area contributed by atoms with Crippen molar-refractivity contribution in [3.8, 4) is 6.07 Å². The number of oxime groups is 1. The Hall–Kier alpha value is -1.89. The van der Waals surface area contributed by atoms with Crippen LogP contribution < -0.4 is 0 Å². The summed E-state index contributed by atoms with van der Waals surface area (Å²) < 4.78 is 12.7. The molecule has 1 unspecified atom stereocenters. The zero-order valence-electron chi connectivity index (χ0n) is 8.57. The quantitative estimate of drug-likeness (QED) is 0.563. The second-order valence-corrected chi connectivity index (χ2v) is 3.03. The summed E-state index contributed by atoms with van der Waals surface area (Å²) in [6.07, 6.45) is 0. The average Bonchev–Trinajstić information content (AvgIpc) is 2.22. The molecule has 0 spiro atoms. The van der Waals surface area contributed by atoms with Crippen molar-refractivity contribution >= 4 is 5.71 Å². The van der Waals surface area contributed by atoms with Gasteiger partial charge in [0.1, 0.15) is 18.8 Å². The molecule has 1 atom stereocenters. The van der Waals surface area contributed by atoms with E-state index in [1.54, 1.807) is 19.1 Å². The van der Waals surface area contributed by atoms with Crippen LogP contribution in [0.25, 0.3) is 0 Å². The van der Waals surface area contributed by atoms with E-state index < -0.39 is 5.92 Å². The largest absolute Gasteiger partial charge is 0.399 e. The lowest BCUT2D eigenvalue weighted by Gasteiger charge is -2.07. The van der Waals surface area contributed by atoms with Gasteiger partial charge in [-0.25, -0.2) is 4.39 Å². The summed E-state index contributed by atoms with van der Waals surface area (Å²) >= 11 is 0. The van der Waals surface area contributed by atoms with E-state index in [-0.39, 0.29) is 5.82 Å². The van der Waals surface area contributed by atoms with Gasteiger partial charge in [0.15, 0.2) is 0 Å². The average molecular weight is 206 g/mol. The van der Waals surface area contributed by atoms with Gasteiger partial charge >= 0.3 is 0 Å². The van der Waals surface area contributed by atoms with E-state index in [0.717, 1.165) is 0 Å². The SMILES string of the molecule is CO/N=C(\C)C(C#N)c1ccc(F)cc1. The fraction of sp³-hybridized carbons (Fsp3) is 0.273. The van der Waals surface area contributed by atoms with Crippen molar-refractivity contribution in [1.82, 2.24) is 0 Å². The maximum absolute atomic E-state index is 12.7. The van der Waals surface area contributed by atoms with Crippen LogP contribution in [0.2, 0.25) is 0 Å². The maximum atomic E-state index is 12.7. The standard InChI is InChI=1S/C11H11FN2O/c1-8(14-15-2)11(7-13)9-3-5-10(12)6-4-9/h3-6,11H,1-2H3/b14-8+. The van der Waals surface area contributed by atoms with Gasteiger partial charge in [0.05, 0.1) is 11.8 Å². The molecule has 0 radical (unpaired) electrons. The summed E-state index contributed by atoms with van der Waals surface area (Å²) in [6.45, 7) is 1.70. The van der Waals surface area contributed by atoms with Crippen molar-refractivity contribution in [1.29, 1.82) is 5.26 Å². The molecule has 4 heteroatoms. The van der Waals surface area contributed by atoms with Crippen LogP contribution in [0.4, 0.5) is 4.39 Å². The van der Waals surface area contributed by atoms with Crippen LogP contribution in [0.5, 0.6) is 0 Å². The Kier molecular flexibility index (Phi) is 3.81. The minimum absolute atomic E-state index is 0.322. The summed E-state index contributed by atoms with van der Waals surface area (Å²) in [5.74, 6) is -0.817. The van der Waals surface area contributed by atoms with Gasteiger partial charge in [-0.1, -0.05) is 17.3 Å². The fourth-order valence-corrected chi connectivity index (χ4v) is 1.26. The Morgan fingerprint density at radius 3 is 2.53 bits per heavy atom. The highest BCUT2D eigenvalue weighted by atomic mass is 19.1. The summed E-state index contributed by atoms with van der Waals surface area (Å²) in [4.78, 5) is 4.59. The van der Waals surface area contributed by atoms with Crippen LogP contribution >= 0.6 is 0 Å². The molecule has 1 aromatic carbocycles. The van der Waals surface area contributed by atoms with Crippen molar-refractivity contribution in [2.75, 3.05) is 7.11 Å². The summed E-state index contributed by atoms with van der Waals surface area (Å²) in [6, 6.07) is 7.86. The van der Waals surface area contributed by atoms with Gasteiger partial charge in [-0.15, -0.1) is 0 Å². The first-order chi connectivity index (χ1) is 7.19. The number of nitriles is 1. The molecular weight excluding hydrogens is 195 g/mol. The normalized spacial score (nSPS) is 13.1. The lowest BCUT2D eigenvalue weighted by atomic mass is 9.96.